The van der Waals surface area contributed by atoms with Crippen LogP contribution in [0.25, 0.3) is 0 Å². The van der Waals surface area contributed by atoms with E-state index in [9.17, 15) is 0 Å². The first-order valence-electron chi connectivity index (χ1n) is 3.97. The van der Waals surface area contributed by atoms with E-state index in [0.717, 1.165) is 0 Å². The van der Waals surface area contributed by atoms with E-state index >= 15 is 0 Å². The highest BCUT2D eigenvalue weighted by Gasteiger charge is 2.01. The molecule has 0 bridgehead atoms. The summed E-state index contributed by atoms with van der Waals surface area (Å²) in [5.74, 6) is 1.22. The number of nitrogens with zero attached hydrogens (tertiary/aromatic N) is 2. The third kappa shape index (κ3) is 2.32. The van der Waals surface area contributed by atoms with E-state index in [-0.39, 0.29) is 0 Å². The van der Waals surface area contributed by atoms with E-state index in [2.05, 4.69) is 25.9 Å². The fraction of sp³-hybridized carbons (Fsp3) is 0.111. The highest BCUT2D eigenvalue weighted by molar-refractivity contribution is 9.10. The average Bonchev–Trinajstić information content (AvgIpc) is 2.63. The Kier molecular flexibility index (Phi) is 2.78. The van der Waals surface area contributed by atoms with Crippen LogP contribution in [0.15, 0.2) is 39.8 Å². The third-order valence-electron chi connectivity index (χ3n) is 1.52. The second-order valence-corrected chi connectivity index (χ2v) is 3.35. The van der Waals surface area contributed by atoms with E-state index in [1.165, 1.54) is 6.26 Å². The van der Waals surface area contributed by atoms with Crippen molar-refractivity contribution < 1.29 is 9.15 Å². The highest BCUT2D eigenvalue weighted by Crippen LogP contribution is 2.12. The van der Waals surface area contributed by atoms with Crippen molar-refractivity contribution in [2.45, 2.75) is 6.61 Å². The molecule has 0 saturated carbocycles. The number of aromatic nitrogens is 2. The summed E-state index contributed by atoms with van der Waals surface area (Å²) in [7, 11) is 0. The van der Waals surface area contributed by atoms with Crippen molar-refractivity contribution in [3.05, 3.63) is 41.3 Å². The summed E-state index contributed by atoms with van der Waals surface area (Å²) in [4.78, 5) is 7.95. The molecule has 0 aromatic carbocycles. The van der Waals surface area contributed by atoms with Crippen LogP contribution in [0.1, 0.15) is 5.89 Å². The molecule has 0 spiro atoms. The lowest BCUT2D eigenvalue weighted by atomic mass is 10.5. The SMILES string of the molecule is Brc1coc(COc2cccnc2)n1. The molecular weight excluding hydrogens is 248 g/mol. The van der Waals surface area contributed by atoms with Crippen LogP contribution in [-0.2, 0) is 6.61 Å². The Morgan fingerprint density at radius 2 is 2.43 bits per heavy atom. The summed E-state index contributed by atoms with van der Waals surface area (Å²) in [6, 6.07) is 3.63. The van der Waals surface area contributed by atoms with E-state index < -0.39 is 0 Å². The molecule has 0 radical (unpaired) electrons. The maximum atomic E-state index is 5.37. The van der Waals surface area contributed by atoms with Gasteiger partial charge in [-0.1, -0.05) is 0 Å². The monoisotopic (exact) mass is 254 g/mol. The predicted octanol–water partition coefficient (Wildman–Crippen LogP) is 2.41. The lowest BCUT2D eigenvalue weighted by molar-refractivity contribution is 0.262. The predicted molar refractivity (Wildman–Crippen MR) is 52.8 cm³/mol. The van der Waals surface area contributed by atoms with Crippen molar-refractivity contribution >= 4 is 15.9 Å². The van der Waals surface area contributed by atoms with Gasteiger partial charge < -0.3 is 9.15 Å². The molecule has 14 heavy (non-hydrogen) atoms. The average molecular weight is 255 g/mol. The van der Waals surface area contributed by atoms with Crippen LogP contribution < -0.4 is 4.74 Å². The number of rotatable bonds is 3. The smallest absolute Gasteiger partial charge is 0.233 e. The Labute approximate surface area is 89.1 Å². The maximum absolute atomic E-state index is 5.37. The topological polar surface area (TPSA) is 48.2 Å². The van der Waals surface area contributed by atoms with E-state index in [4.69, 9.17) is 9.15 Å². The molecule has 2 heterocycles. The van der Waals surface area contributed by atoms with Gasteiger partial charge in [0, 0.05) is 6.20 Å². The van der Waals surface area contributed by atoms with Gasteiger partial charge in [0.25, 0.3) is 0 Å². The first-order chi connectivity index (χ1) is 6.84. The fourth-order valence-corrected chi connectivity index (χ4v) is 1.22. The van der Waals surface area contributed by atoms with E-state index in [1.54, 1.807) is 18.5 Å². The molecule has 2 rings (SSSR count). The van der Waals surface area contributed by atoms with Crippen molar-refractivity contribution in [2.24, 2.45) is 0 Å². The first-order valence-corrected chi connectivity index (χ1v) is 4.76. The normalized spacial score (nSPS) is 10.1. The molecule has 0 aliphatic heterocycles. The minimum Gasteiger partial charge on any atom is -0.482 e. The molecule has 0 saturated heterocycles. The van der Waals surface area contributed by atoms with Gasteiger partial charge in [-0.15, -0.1) is 0 Å². The summed E-state index contributed by atoms with van der Waals surface area (Å²) in [5.41, 5.74) is 0. The van der Waals surface area contributed by atoms with Gasteiger partial charge in [-0.3, -0.25) is 4.98 Å². The van der Waals surface area contributed by atoms with Crippen molar-refractivity contribution in [3.8, 4) is 5.75 Å². The zero-order chi connectivity index (χ0) is 9.80. The van der Waals surface area contributed by atoms with Gasteiger partial charge in [-0.25, -0.2) is 4.98 Å². The third-order valence-corrected chi connectivity index (χ3v) is 1.88. The molecule has 4 nitrogen and oxygen atoms in total. The quantitative estimate of drug-likeness (QED) is 0.844. The second-order valence-electron chi connectivity index (χ2n) is 2.54. The Morgan fingerprint density at radius 1 is 1.50 bits per heavy atom. The Morgan fingerprint density at radius 3 is 3.07 bits per heavy atom. The second kappa shape index (κ2) is 4.23. The molecule has 0 fully saturated rings. The van der Waals surface area contributed by atoms with Crippen molar-refractivity contribution in [2.75, 3.05) is 0 Å². The number of ether oxygens (including phenoxy) is 1. The van der Waals surface area contributed by atoms with Gasteiger partial charge in [0.15, 0.2) is 6.61 Å². The van der Waals surface area contributed by atoms with Crippen LogP contribution in [0.2, 0.25) is 0 Å². The van der Waals surface area contributed by atoms with Crippen LogP contribution in [0.4, 0.5) is 0 Å². The first kappa shape index (κ1) is 9.21. The van der Waals surface area contributed by atoms with Crippen molar-refractivity contribution in [1.29, 1.82) is 0 Å². The van der Waals surface area contributed by atoms with E-state index in [1.807, 2.05) is 6.07 Å². The number of halogens is 1. The molecule has 2 aromatic heterocycles. The van der Waals surface area contributed by atoms with Gasteiger partial charge in [0.1, 0.15) is 16.6 Å². The highest BCUT2D eigenvalue weighted by atomic mass is 79.9. The molecule has 0 aliphatic rings. The van der Waals surface area contributed by atoms with Gasteiger partial charge in [0.2, 0.25) is 5.89 Å². The van der Waals surface area contributed by atoms with Crippen molar-refractivity contribution in [1.82, 2.24) is 9.97 Å². The summed E-state index contributed by atoms with van der Waals surface area (Å²) in [5, 5.41) is 0. The number of hydrogen-bond acceptors (Lipinski definition) is 4. The van der Waals surface area contributed by atoms with Crippen LogP contribution in [0.3, 0.4) is 0 Å². The van der Waals surface area contributed by atoms with Gasteiger partial charge in [0.05, 0.1) is 6.20 Å². The Hall–Kier alpha value is -1.36. The molecule has 5 heteroatoms. The molecule has 72 valence electrons. The van der Waals surface area contributed by atoms with Crippen LogP contribution in [0, 0.1) is 0 Å². The summed E-state index contributed by atoms with van der Waals surface area (Å²) in [6.07, 6.45) is 4.84. The lowest BCUT2D eigenvalue weighted by Crippen LogP contribution is -1.95. The zero-order valence-electron chi connectivity index (χ0n) is 7.18. The molecular formula is C9H7BrN2O2. The molecule has 0 unspecified atom stereocenters. The summed E-state index contributed by atoms with van der Waals surface area (Å²) < 4.78 is 11.1. The summed E-state index contributed by atoms with van der Waals surface area (Å²) in [6.45, 7) is 0.303. The minimum absolute atomic E-state index is 0.303. The Bertz CT molecular complexity index is 402. The van der Waals surface area contributed by atoms with Gasteiger partial charge in [-0.2, -0.15) is 0 Å². The van der Waals surface area contributed by atoms with Crippen LogP contribution in [-0.4, -0.2) is 9.97 Å². The van der Waals surface area contributed by atoms with Crippen molar-refractivity contribution in [3.63, 3.8) is 0 Å². The number of pyridine rings is 1. The van der Waals surface area contributed by atoms with Gasteiger partial charge >= 0.3 is 0 Å². The van der Waals surface area contributed by atoms with Gasteiger partial charge in [-0.05, 0) is 28.1 Å². The molecule has 0 N–H and O–H groups in total. The zero-order valence-corrected chi connectivity index (χ0v) is 8.77. The number of hydrogen-bond donors (Lipinski definition) is 0. The summed E-state index contributed by atoms with van der Waals surface area (Å²) >= 11 is 3.19. The van der Waals surface area contributed by atoms with Crippen LogP contribution in [0.5, 0.6) is 5.75 Å². The lowest BCUT2D eigenvalue weighted by Gasteiger charge is -2.00. The van der Waals surface area contributed by atoms with E-state index in [0.29, 0.717) is 22.9 Å². The fourth-order valence-electron chi connectivity index (χ4n) is 0.932. The largest absolute Gasteiger partial charge is 0.482 e. The van der Waals surface area contributed by atoms with Crippen LogP contribution >= 0.6 is 15.9 Å². The maximum Gasteiger partial charge on any atom is 0.233 e. The molecule has 0 atom stereocenters. The standard InChI is InChI=1S/C9H7BrN2O2/c10-8-5-14-9(12-8)6-13-7-2-1-3-11-4-7/h1-5H,6H2. The molecule has 0 amide bonds. The molecule has 0 aliphatic carbocycles. The number of oxazole rings is 1. The minimum atomic E-state index is 0.303. The molecule has 2 aromatic rings. The Balaban J connectivity index is 1.95.